The van der Waals surface area contributed by atoms with Gasteiger partial charge in [-0.05, 0) is 12.1 Å². The van der Waals surface area contributed by atoms with E-state index in [0.717, 1.165) is 6.29 Å². The molecule has 0 N–H and O–H groups in total. The highest BCUT2D eigenvalue weighted by Gasteiger charge is 2.26. The summed E-state index contributed by atoms with van der Waals surface area (Å²) in [7, 11) is 0. The molecule has 5 heteroatoms. The second-order valence-electron chi connectivity index (χ2n) is 5.28. The lowest BCUT2D eigenvalue weighted by Crippen LogP contribution is -2.14. The third-order valence-electron chi connectivity index (χ3n) is 2.77. The van der Waals surface area contributed by atoms with Gasteiger partial charge in [-0.2, -0.15) is 5.10 Å². The number of hydrogen-bond donors (Lipinski definition) is 0. The number of hydrogen-bond acceptors (Lipinski definition) is 2. The zero-order valence-electron chi connectivity index (χ0n) is 10.9. The van der Waals surface area contributed by atoms with Crippen LogP contribution in [-0.2, 0) is 5.41 Å². The molecule has 0 atom stereocenters. The van der Waals surface area contributed by atoms with Crippen LogP contribution in [0.5, 0.6) is 0 Å². The summed E-state index contributed by atoms with van der Waals surface area (Å²) in [6.07, 6.45) is 0.739. The first kappa shape index (κ1) is 14.1. The van der Waals surface area contributed by atoms with Crippen LogP contribution >= 0.6 is 23.2 Å². The van der Waals surface area contributed by atoms with Crippen LogP contribution in [0.15, 0.2) is 24.3 Å². The summed E-state index contributed by atoms with van der Waals surface area (Å²) < 4.78 is 1.51. The molecule has 1 heterocycles. The standard InChI is InChI=1S/C14H14Cl2N2O/c1-14(2,3)12-9(8-19)13(16)18(17-12)11-7-5-4-6-10(11)15/h4-8H,1-3H3. The third-order valence-corrected chi connectivity index (χ3v) is 3.46. The molecular formula is C14H14Cl2N2O. The molecule has 0 saturated heterocycles. The number of rotatable bonds is 2. The summed E-state index contributed by atoms with van der Waals surface area (Å²) in [5, 5.41) is 5.27. The average molecular weight is 297 g/mol. The molecule has 19 heavy (non-hydrogen) atoms. The molecule has 0 saturated carbocycles. The van der Waals surface area contributed by atoms with Crippen LogP contribution in [0.2, 0.25) is 10.2 Å². The molecule has 0 aliphatic rings. The molecule has 2 aromatic rings. The Labute approximate surface area is 122 Å². The first-order valence-electron chi connectivity index (χ1n) is 5.85. The molecule has 100 valence electrons. The van der Waals surface area contributed by atoms with Crippen molar-refractivity contribution in [2.75, 3.05) is 0 Å². The number of para-hydroxylation sites is 1. The summed E-state index contributed by atoms with van der Waals surface area (Å²) in [6.45, 7) is 5.95. The van der Waals surface area contributed by atoms with Crippen LogP contribution in [0.3, 0.4) is 0 Å². The number of carbonyl (C=O) groups excluding carboxylic acids is 1. The molecule has 0 aliphatic carbocycles. The number of benzene rings is 1. The van der Waals surface area contributed by atoms with Crippen molar-refractivity contribution in [1.29, 1.82) is 0 Å². The normalized spacial score (nSPS) is 11.6. The molecule has 1 aromatic carbocycles. The van der Waals surface area contributed by atoms with Gasteiger partial charge in [0, 0.05) is 5.41 Å². The summed E-state index contributed by atoms with van der Waals surface area (Å²) in [6, 6.07) is 7.24. The van der Waals surface area contributed by atoms with Gasteiger partial charge in [-0.25, -0.2) is 4.68 Å². The van der Waals surface area contributed by atoms with Gasteiger partial charge in [-0.1, -0.05) is 56.1 Å². The Hall–Kier alpha value is -1.32. The molecule has 1 aromatic heterocycles. The van der Waals surface area contributed by atoms with E-state index in [4.69, 9.17) is 23.2 Å². The van der Waals surface area contributed by atoms with E-state index in [9.17, 15) is 4.79 Å². The molecule has 0 fully saturated rings. The van der Waals surface area contributed by atoms with Gasteiger partial charge >= 0.3 is 0 Å². The van der Waals surface area contributed by atoms with Crippen LogP contribution in [-0.4, -0.2) is 16.1 Å². The van der Waals surface area contributed by atoms with E-state index in [1.54, 1.807) is 6.07 Å². The van der Waals surface area contributed by atoms with Crippen molar-refractivity contribution < 1.29 is 4.79 Å². The lowest BCUT2D eigenvalue weighted by Gasteiger charge is -2.15. The number of aldehydes is 1. The number of carbonyl (C=O) groups is 1. The number of aromatic nitrogens is 2. The average Bonchev–Trinajstić information content (AvgIpc) is 2.67. The third kappa shape index (κ3) is 2.53. The van der Waals surface area contributed by atoms with Gasteiger partial charge in [0.05, 0.1) is 22.0 Å². The van der Waals surface area contributed by atoms with Crippen molar-refractivity contribution in [3.63, 3.8) is 0 Å². The van der Waals surface area contributed by atoms with E-state index < -0.39 is 0 Å². The molecule has 0 amide bonds. The Morgan fingerprint density at radius 2 is 1.84 bits per heavy atom. The molecule has 0 radical (unpaired) electrons. The minimum atomic E-state index is -0.271. The summed E-state index contributed by atoms with van der Waals surface area (Å²) in [4.78, 5) is 11.3. The largest absolute Gasteiger partial charge is 0.298 e. The molecule has 3 nitrogen and oxygen atoms in total. The van der Waals surface area contributed by atoms with E-state index in [-0.39, 0.29) is 10.6 Å². The van der Waals surface area contributed by atoms with Crippen molar-refractivity contribution in [3.05, 3.63) is 45.7 Å². The first-order valence-corrected chi connectivity index (χ1v) is 6.61. The highest BCUT2D eigenvalue weighted by Crippen LogP contribution is 2.32. The minimum Gasteiger partial charge on any atom is -0.298 e. The van der Waals surface area contributed by atoms with Gasteiger partial charge < -0.3 is 0 Å². The quantitative estimate of drug-likeness (QED) is 0.775. The smallest absolute Gasteiger partial charge is 0.155 e. The Kier molecular flexibility index (Phi) is 3.70. The van der Waals surface area contributed by atoms with Crippen LogP contribution in [0, 0.1) is 0 Å². The fraction of sp³-hybridized carbons (Fsp3) is 0.286. The van der Waals surface area contributed by atoms with Crippen molar-refractivity contribution in [3.8, 4) is 5.69 Å². The summed E-state index contributed by atoms with van der Waals surface area (Å²) in [5.74, 6) is 0. The molecule has 2 rings (SSSR count). The highest BCUT2D eigenvalue weighted by atomic mass is 35.5. The van der Waals surface area contributed by atoms with Crippen LogP contribution in [0.25, 0.3) is 5.69 Å². The topological polar surface area (TPSA) is 34.9 Å². The maximum atomic E-state index is 11.3. The Morgan fingerprint density at radius 3 is 2.32 bits per heavy atom. The maximum Gasteiger partial charge on any atom is 0.155 e. The summed E-state index contributed by atoms with van der Waals surface area (Å²) in [5.41, 5.74) is 1.46. The monoisotopic (exact) mass is 296 g/mol. The lowest BCUT2D eigenvalue weighted by molar-refractivity contribution is 0.112. The van der Waals surface area contributed by atoms with Crippen molar-refractivity contribution in [2.24, 2.45) is 0 Å². The van der Waals surface area contributed by atoms with E-state index in [2.05, 4.69) is 5.10 Å². The minimum absolute atomic E-state index is 0.271. The fourth-order valence-electron chi connectivity index (χ4n) is 1.85. The molecule has 0 unspecified atom stereocenters. The maximum absolute atomic E-state index is 11.3. The SMILES string of the molecule is CC(C)(C)c1nn(-c2ccccc2Cl)c(Cl)c1C=O. The van der Waals surface area contributed by atoms with E-state index in [1.165, 1.54) is 4.68 Å². The molecule has 0 aliphatic heterocycles. The van der Waals surface area contributed by atoms with Crippen LogP contribution < -0.4 is 0 Å². The lowest BCUT2D eigenvalue weighted by atomic mass is 9.90. The second kappa shape index (κ2) is 4.99. The fourth-order valence-corrected chi connectivity index (χ4v) is 2.33. The zero-order valence-corrected chi connectivity index (χ0v) is 12.5. The molecule has 0 spiro atoms. The van der Waals surface area contributed by atoms with Gasteiger partial charge in [-0.3, -0.25) is 4.79 Å². The van der Waals surface area contributed by atoms with Gasteiger partial charge in [0.1, 0.15) is 5.15 Å². The van der Waals surface area contributed by atoms with E-state index in [1.807, 2.05) is 39.0 Å². The first-order chi connectivity index (χ1) is 8.86. The van der Waals surface area contributed by atoms with Crippen LogP contribution in [0.1, 0.15) is 36.8 Å². The summed E-state index contributed by atoms with van der Waals surface area (Å²) >= 11 is 12.4. The highest BCUT2D eigenvalue weighted by molar-refractivity contribution is 6.34. The van der Waals surface area contributed by atoms with Gasteiger partial charge in [-0.15, -0.1) is 0 Å². The molecule has 0 bridgehead atoms. The van der Waals surface area contributed by atoms with Gasteiger partial charge in [0.2, 0.25) is 0 Å². The van der Waals surface area contributed by atoms with Crippen molar-refractivity contribution >= 4 is 29.5 Å². The predicted octanol–water partition coefficient (Wildman–Crippen LogP) is 4.29. The number of halogens is 2. The van der Waals surface area contributed by atoms with Gasteiger partial charge in [0.25, 0.3) is 0 Å². The Balaban J connectivity index is 2.71. The van der Waals surface area contributed by atoms with Crippen molar-refractivity contribution in [1.82, 2.24) is 9.78 Å². The van der Waals surface area contributed by atoms with E-state index in [0.29, 0.717) is 22.0 Å². The number of nitrogens with zero attached hydrogens (tertiary/aromatic N) is 2. The Bertz CT molecular complexity index is 627. The van der Waals surface area contributed by atoms with E-state index >= 15 is 0 Å². The predicted molar refractivity (Wildman–Crippen MR) is 77.7 cm³/mol. The zero-order chi connectivity index (χ0) is 14.2. The van der Waals surface area contributed by atoms with Crippen molar-refractivity contribution in [2.45, 2.75) is 26.2 Å². The Morgan fingerprint density at radius 1 is 1.21 bits per heavy atom. The van der Waals surface area contributed by atoms with Crippen LogP contribution in [0.4, 0.5) is 0 Å². The van der Waals surface area contributed by atoms with Gasteiger partial charge in [0.15, 0.2) is 6.29 Å². The molecular weight excluding hydrogens is 283 g/mol. The second-order valence-corrected chi connectivity index (χ2v) is 6.05.